The van der Waals surface area contributed by atoms with E-state index in [-0.39, 0.29) is 17.5 Å². The summed E-state index contributed by atoms with van der Waals surface area (Å²) in [7, 11) is 0. The average Bonchev–Trinajstić information content (AvgIpc) is 2.48. The predicted octanol–water partition coefficient (Wildman–Crippen LogP) is 4.13. The van der Waals surface area contributed by atoms with Gasteiger partial charge in [0.1, 0.15) is 12.0 Å². The van der Waals surface area contributed by atoms with Crippen molar-refractivity contribution in [3.8, 4) is 5.75 Å². The molecular weight excluding hydrogens is 325 g/mol. The van der Waals surface area contributed by atoms with Gasteiger partial charge in [0.05, 0.1) is 5.02 Å². The summed E-state index contributed by atoms with van der Waals surface area (Å²) in [5.74, 6) is 0.0243. The lowest BCUT2D eigenvalue weighted by Crippen LogP contribution is -2.20. The number of benzene rings is 2. The second kappa shape index (κ2) is 7.29. The molecule has 1 N–H and O–H groups in total. The summed E-state index contributed by atoms with van der Waals surface area (Å²) in [6.45, 7) is 1.65. The zero-order valence-corrected chi connectivity index (χ0v) is 13.2. The fourth-order valence-corrected chi connectivity index (χ4v) is 2.27. The Morgan fingerprint density at radius 1 is 1.23 bits per heavy atom. The van der Waals surface area contributed by atoms with Crippen LogP contribution in [0.15, 0.2) is 36.4 Å². The van der Waals surface area contributed by atoms with Crippen LogP contribution in [0.3, 0.4) is 0 Å². The minimum absolute atomic E-state index is 0.192. The van der Waals surface area contributed by atoms with Crippen LogP contribution >= 0.6 is 23.2 Å². The molecule has 0 saturated heterocycles. The lowest BCUT2D eigenvalue weighted by atomic mass is 10.2. The lowest BCUT2D eigenvalue weighted by Gasteiger charge is -2.11. The predicted molar refractivity (Wildman–Crippen MR) is 87.2 cm³/mol. The molecule has 22 heavy (non-hydrogen) atoms. The Balaban J connectivity index is 1.96. The van der Waals surface area contributed by atoms with Crippen LogP contribution < -0.4 is 10.1 Å². The molecule has 0 unspecified atom stereocenters. The van der Waals surface area contributed by atoms with Crippen molar-refractivity contribution in [1.29, 1.82) is 0 Å². The summed E-state index contributed by atoms with van der Waals surface area (Å²) in [6.07, 6.45) is 0.686. The van der Waals surface area contributed by atoms with Crippen LogP contribution in [0.5, 0.6) is 5.75 Å². The normalized spacial score (nSPS) is 10.1. The minimum Gasteiger partial charge on any atom is -0.482 e. The van der Waals surface area contributed by atoms with Crippen LogP contribution in [0, 0.1) is 6.92 Å². The quantitative estimate of drug-likeness (QED) is 0.834. The first kappa shape index (κ1) is 16.3. The second-order valence-electron chi connectivity index (χ2n) is 4.60. The summed E-state index contributed by atoms with van der Waals surface area (Å²) in [6, 6.07) is 9.77. The van der Waals surface area contributed by atoms with Gasteiger partial charge in [-0.1, -0.05) is 23.2 Å². The number of anilines is 1. The zero-order chi connectivity index (χ0) is 16.1. The van der Waals surface area contributed by atoms with E-state index in [0.29, 0.717) is 28.3 Å². The van der Waals surface area contributed by atoms with E-state index in [9.17, 15) is 9.59 Å². The van der Waals surface area contributed by atoms with E-state index < -0.39 is 0 Å². The Kier molecular flexibility index (Phi) is 5.41. The lowest BCUT2D eigenvalue weighted by molar-refractivity contribution is -0.118. The standard InChI is InChI=1S/C16H13Cl2NO3/c1-10-6-12(17)3-4-14(10)19-16(21)9-22-15-5-2-11(8-20)7-13(15)18/h2-8H,9H2,1H3,(H,19,21). The molecular formula is C16H13Cl2NO3. The highest BCUT2D eigenvalue weighted by Crippen LogP contribution is 2.25. The molecule has 0 aliphatic heterocycles. The fraction of sp³-hybridized carbons (Fsp3) is 0.125. The van der Waals surface area contributed by atoms with Crippen molar-refractivity contribution in [1.82, 2.24) is 0 Å². The number of aryl methyl sites for hydroxylation is 1. The smallest absolute Gasteiger partial charge is 0.262 e. The van der Waals surface area contributed by atoms with Gasteiger partial charge in [0.25, 0.3) is 5.91 Å². The second-order valence-corrected chi connectivity index (χ2v) is 5.45. The molecule has 0 aliphatic carbocycles. The summed E-state index contributed by atoms with van der Waals surface area (Å²) in [5.41, 5.74) is 1.97. The molecule has 114 valence electrons. The number of carbonyl (C=O) groups is 2. The largest absolute Gasteiger partial charge is 0.482 e. The molecule has 2 rings (SSSR count). The van der Waals surface area contributed by atoms with E-state index in [1.807, 2.05) is 6.92 Å². The Morgan fingerprint density at radius 3 is 2.64 bits per heavy atom. The molecule has 0 fully saturated rings. The maximum absolute atomic E-state index is 11.9. The first-order valence-electron chi connectivity index (χ1n) is 6.43. The van der Waals surface area contributed by atoms with E-state index in [1.54, 1.807) is 30.3 Å². The number of ether oxygens (including phenoxy) is 1. The maximum Gasteiger partial charge on any atom is 0.262 e. The minimum atomic E-state index is -0.319. The Bertz CT molecular complexity index is 717. The number of amides is 1. The van der Waals surface area contributed by atoms with Crippen molar-refractivity contribution in [2.24, 2.45) is 0 Å². The van der Waals surface area contributed by atoms with Crippen molar-refractivity contribution in [3.63, 3.8) is 0 Å². The van der Waals surface area contributed by atoms with Gasteiger partial charge in [-0.05, 0) is 48.9 Å². The monoisotopic (exact) mass is 337 g/mol. The first-order chi connectivity index (χ1) is 10.5. The number of carbonyl (C=O) groups excluding carboxylic acids is 2. The maximum atomic E-state index is 11.9. The van der Waals surface area contributed by atoms with Gasteiger partial charge in [0.15, 0.2) is 6.61 Å². The third kappa shape index (κ3) is 4.23. The van der Waals surface area contributed by atoms with Crippen LogP contribution in [0.2, 0.25) is 10.0 Å². The number of nitrogens with one attached hydrogen (secondary N) is 1. The van der Waals surface area contributed by atoms with Gasteiger partial charge >= 0.3 is 0 Å². The molecule has 0 heterocycles. The van der Waals surface area contributed by atoms with Crippen LogP contribution in [0.1, 0.15) is 15.9 Å². The highest BCUT2D eigenvalue weighted by atomic mass is 35.5. The van der Waals surface area contributed by atoms with Gasteiger partial charge in [0, 0.05) is 16.3 Å². The van der Waals surface area contributed by atoms with E-state index in [1.165, 1.54) is 6.07 Å². The number of hydrogen-bond acceptors (Lipinski definition) is 3. The van der Waals surface area contributed by atoms with Gasteiger partial charge in [-0.3, -0.25) is 9.59 Å². The molecule has 2 aromatic rings. The molecule has 0 aromatic heterocycles. The van der Waals surface area contributed by atoms with Crippen LogP contribution in [0.4, 0.5) is 5.69 Å². The van der Waals surface area contributed by atoms with Crippen LogP contribution in [-0.4, -0.2) is 18.8 Å². The molecule has 2 aromatic carbocycles. The van der Waals surface area contributed by atoms with Crippen molar-refractivity contribution in [2.45, 2.75) is 6.92 Å². The van der Waals surface area contributed by atoms with Crippen LogP contribution in [-0.2, 0) is 4.79 Å². The Hall–Kier alpha value is -2.04. The topological polar surface area (TPSA) is 55.4 Å². The molecule has 4 nitrogen and oxygen atoms in total. The van der Waals surface area contributed by atoms with Crippen molar-refractivity contribution >= 4 is 41.1 Å². The van der Waals surface area contributed by atoms with E-state index in [4.69, 9.17) is 27.9 Å². The molecule has 0 aliphatic rings. The molecule has 0 radical (unpaired) electrons. The fourth-order valence-electron chi connectivity index (χ4n) is 1.80. The van der Waals surface area contributed by atoms with Crippen LogP contribution in [0.25, 0.3) is 0 Å². The SMILES string of the molecule is Cc1cc(Cl)ccc1NC(=O)COc1ccc(C=O)cc1Cl. The Morgan fingerprint density at radius 2 is 2.00 bits per heavy atom. The van der Waals surface area contributed by atoms with Gasteiger partial charge < -0.3 is 10.1 Å². The molecule has 0 saturated carbocycles. The van der Waals surface area contributed by atoms with Gasteiger partial charge in [-0.2, -0.15) is 0 Å². The first-order valence-corrected chi connectivity index (χ1v) is 7.18. The summed E-state index contributed by atoms with van der Waals surface area (Å²) in [5, 5.41) is 3.61. The summed E-state index contributed by atoms with van der Waals surface area (Å²) in [4.78, 5) is 22.5. The highest BCUT2D eigenvalue weighted by molar-refractivity contribution is 6.32. The zero-order valence-electron chi connectivity index (χ0n) is 11.7. The molecule has 6 heteroatoms. The number of hydrogen-bond donors (Lipinski definition) is 1. The van der Waals surface area contributed by atoms with E-state index >= 15 is 0 Å². The number of aldehydes is 1. The van der Waals surface area contributed by atoms with Crippen molar-refractivity contribution in [3.05, 3.63) is 57.6 Å². The number of rotatable bonds is 5. The third-order valence-electron chi connectivity index (χ3n) is 2.91. The van der Waals surface area contributed by atoms with E-state index in [2.05, 4.69) is 5.32 Å². The molecule has 0 bridgehead atoms. The highest BCUT2D eigenvalue weighted by Gasteiger charge is 2.08. The molecule has 1 amide bonds. The summed E-state index contributed by atoms with van der Waals surface area (Å²) < 4.78 is 5.35. The van der Waals surface area contributed by atoms with Crippen molar-refractivity contribution in [2.75, 3.05) is 11.9 Å². The van der Waals surface area contributed by atoms with Crippen molar-refractivity contribution < 1.29 is 14.3 Å². The average molecular weight is 338 g/mol. The van der Waals surface area contributed by atoms with Gasteiger partial charge in [-0.25, -0.2) is 0 Å². The van der Waals surface area contributed by atoms with Gasteiger partial charge in [0.2, 0.25) is 0 Å². The number of halogens is 2. The summed E-state index contributed by atoms with van der Waals surface area (Å²) >= 11 is 11.8. The molecule has 0 spiro atoms. The van der Waals surface area contributed by atoms with E-state index in [0.717, 1.165) is 5.56 Å². The molecule has 0 atom stereocenters. The Labute approximate surface area is 138 Å². The third-order valence-corrected chi connectivity index (χ3v) is 3.44. The van der Waals surface area contributed by atoms with Gasteiger partial charge in [-0.15, -0.1) is 0 Å².